The summed E-state index contributed by atoms with van der Waals surface area (Å²) in [6.07, 6.45) is 0. The fraction of sp³-hybridized carbons (Fsp3) is 0.167. The van der Waals surface area contributed by atoms with E-state index in [1.165, 1.54) is 11.3 Å². The third-order valence-corrected chi connectivity index (χ3v) is 5.35. The van der Waals surface area contributed by atoms with E-state index in [2.05, 4.69) is 20.7 Å². The molecule has 1 aromatic carbocycles. The first-order valence-corrected chi connectivity index (χ1v) is 8.77. The standard InChI is InChI=1S/C12H12BrNO2S2/c13-8-10-3-5-12(6-4-10)18(15,16)14-9-11-2-1-7-17-11/h1-7,14H,8-9H2. The van der Waals surface area contributed by atoms with Crippen LogP contribution < -0.4 is 4.72 Å². The molecule has 0 unspecified atom stereocenters. The van der Waals surface area contributed by atoms with Gasteiger partial charge >= 0.3 is 0 Å². The number of hydrogen-bond donors (Lipinski definition) is 1. The molecule has 0 saturated heterocycles. The Kier molecular flexibility index (Phi) is 4.55. The van der Waals surface area contributed by atoms with Gasteiger partial charge in [0.2, 0.25) is 10.0 Å². The van der Waals surface area contributed by atoms with Crippen molar-refractivity contribution in [3.05, 3.63) is 52.2 Å². The predicted molar refractivity (Wildman–Crippen MR) is 77.4 cm³/mol. The number of thiophene rings is 1. The minimum Gasteiger partial charge on any atom is -0.207 e. The lowest BCUT2D eigenvalue weighted by Crippen LogP contribution is -2.22. The summed E-state index contributed by atoms with van der Waals surface area (Å²) in [5.41, 5.74) is 1.05. The lowest BCUT2D eigenvalue weighted by Gasteiger charge is -2.06. The zero-order valence-corrected chi connectivity index (χ0v) is 12.7. The maximum absolute atomic E-state index is 12.0. The van der Waals surface area contributed by atoms with E-state index in [0.717, 1.165) is 15.8 Å². The Balaban J connectivity index is 2.09. The van der Waals surface area contributed by atoms with Crippen molar-refractivity contribution < 1.29 is 8.42 Å². The maximum atomic E-state index is 12.0. The molecule has 0 saturated carbocycles. The number of benzene rings is 1. The topological polar surface area (TPSA) is 46.2 Å². The van der Waals surface area contributed by atoms with Crippen LogP contribution in [0.5, 0.6) is 0 Å². The minimum absolute atomic E-state index is 0.295. The lowest BCUT2D eigenvalue weighted by atomic mass is 10.2. The zero-order valence-electron chi connectivity index (χ0n) is 9.47. The molecule has 0 bridgehead atoms. The molecule has 2 aromatic rings. The molecule has 0 spiro atoms. The van der Waals surface area contributed by atoms with Gasteiger partial charge in [0.05, 0.1) is 4.90 Å². The number of sulfonamides is 1. The molecule has 0 fully saturated rings. The Hall–Kier alpha value is -0.690. The summed E-state index contributed by atoms with van der Waals surface area (Å²) in [6, 6.07) is 10.6. The molecule has 3 nitrogen and oxygen atoms in total. The molecule has 0 aliphatic heterocycles. The summed E-state index contributed by atoms with van der Waals surface area (Å²) in [6.45, 7) is 0.334. The van der Waals surface area contributed by atoms with Crippen molar-refractivity contribution in [3.63, 3.8) is 0 Å². The highest BCUT2D eigenvalue weighted by molar-refractivity contribution is 9.08. The van der Waals surface area contributed by atoms with Crippen LogP contribution in [0.3, 0.4) is 0 Å². The number of hydrogen-bond acceptors (Lipinski definition) is 3. The van der Waals surface area contributed by atoms with Crippen LogP contribution in [0.1, 0.15) is 10.4 Å². The first-order valence-electron chi connectivity index (χ1n) is 5.29. The fourth-order valence-corrected chi connectivity index (χ4v) is 3.54. The number of rotatable bonds is 5. The molecule has 1 heterocycles. The third-order valence-electron chi connectivity index (χ3n) is 2.40. The molecule has 1 aromatic heterocycles. The van der Waals surface area contributed by atoms with Gasteiger partial charge in [-0.3, -0.25) is 0 Å². The van der Waals surface area contributed by atoms with Crippen LogP contribution in [0.15, 0.2) is 46.7 Å². The predicted octanol–water partition coefficient (Wildman–Crippen LogP) is 3.12. The van der Waals surface area contributed by atoms with Crippen LogP contribution in [-0.2, 0) is 21.9 Å². The first kappa shape index (κ1) is 13.7. The quantitative estimate of drug-likeness (QED) is 0.846. The van der Waals surface area contributed by atoms with Crippen LogP contribution in [-0.4, -0.2) is 8.42 Å². The van der Waals surface area contributed by atoms with Gasteiger partial charge in [-0.1, -0.05) is 34.1 Å². The number of nitrogens with one attached hydrogen (secondary N) is 1. The van der Waals surface area contributed by atoms with Crippen LogP contribution in [0.25, 0.3) is 0 Å². The van der Waals surface area contributed by atoms with E-state index < -0.39 is 10.0 Å². The molecule has 0 atom stereocenters. The second kappa shape index (κ2) is 5.97. The molecule has 0 aliphatic carbocycles. The van der Waals surface area contributed by atoms with E-state index in [1.54, 1.807) is 24.3 Å². The Labute approximate surface area is 119 Å². The largest absolute Gasteiger partial charge is 0.240 e. The highest BCUT2D eigenvalue weighted by Crippen LogP contribution is 2.14. The van der Waals surface area contributed by atoms with Gasteiger partial charge in [-0.2, -0.15) is 0 Å². The Morgan fingerprint density at radius 2 is 1.89 bits per heavy atom. The second-order valence-electron chi connectivity index (χ2n) is 3.68. The summed E-state index contributed by atoms with van der Waals surface area (Å²) < 4.78 is 26.6. The van der Waals surface area contributed by atoms with Gasteiger partial charge in [0.25, 0.3) is 0 Å². The molecule has 0 aliphatic rings. The molecule has 2 rings (SSSR count). The van der Waals surface area contributed by atoms with E-state index in [1.807, 2.05) is 17.5 Å². The van der Waals surface area contributed by atoms with Gasteiger partial charge < -0.3 is 0 Å². The van der Waals surface area contributed by atoms with Gasteiger partial charge in [0, 0.05) is 16.8 Å². The average Bonchev–Trinajstić information content (AvgIpc) is 2.90. The summed E-state index contributed by atoms with van der Waals surface area (Å²) in [7, 11) is -3.42. The van der Waals surface area contributed by atoms with Crippen LogP contribution in [0.4, 0.5) is 0 Å². The van der Waals surface area contributed by atoms with E-state index in [9.17, 15) is 8.42 Å². The van der Waals surface area contributed by atoms with Crippen molar-refractivity contribution in [2.24, 2.45) is 0 Å². The number of alkyl halides is 1. The monoisotopic (exact) mass is 345 g/mol. The molecule has 96 valence electrons. The zero-order chi connectivity index (χ0) is 13.0. The van der Waals surface area contributed by atoms with Gasteiger partial charge in [0.1, 0.15) is 0 Å². The van der Waals surface area contributed by atoms with Crippen LogP contribution in [0.2, 0.25) is 0 Å². The van der Waals surface area contributed by atoms with Crippen molar-refractivity contribution in [2.45, 2.75) is 16.8 Å². The Morgan fingerprint density at radius 1 is 1.17 bits per heavy atom. The van der Waals surface area contributed by atoms with Crippen molar-refractivity contribution in [3.8, 4) is 0 Å². The molecule has 18 heavy (non-hydrogen) atoms. The SMILES string of the molecule is O=S(=O)(NCc1cccs1)c1ccc(CBr)cc1. The summed E-state index contributed by atoms with van der Waals surface area (Å²) in [5.74, 6) is 0. The molecule has 0 radical (unpaired) electrons. The van der Waals surface area contributed by atoms with Gasteiger partial charge in [0.15, 0.2) is 0 Å². The highest BCUT2D eigenvalue weighted by atomic mass is 79.9. The molecule has 1 N–H and O–H groups in total. The smallest absolute Gasteiger partial charge is 0.207 e. The van der Waals surface area contributed by atoms with Gasteiger partial charge in [-0.15, -0.1) is 11.3 Å². The summed E-state index contributed by atoms with van der Waals surface area (Å²) >= 11 is 4.86. The highest BCUT2D eigenvalue weighted by Gasteiger charge is 2.13. The van der Waals surface area contributed by atoms with Crippen molar-refractivity contribution >= 4 is 37.3 Å². The summed E-state index contributed by atoms with van der Waals surface area (Å²) in [5, 5.41) is 2.64. The fourth-order valence-electron chi connectivity index (χ4n) is 1.42. The van der Waals surface area contributed by atoms with E-state index in [4.69, 9.17) is 0 Å². The number of halogens is 1. The van der Waals surface area contributed by atoms with Crippen LogP contribution >= 0.6 is 27.3 Å². The Morgan fingerprint density at radius 3 is 2.44 bits per heavy atom. The van der Waals surface area contributed by atoms with Gasteiger partial charge in [-0.25, -0.2) is 13.1 Å². The molecule has 6 heteroatoms. The summed E-state index contributed by atoms with van der Waals surface area (Å²) in [4.78, 5) is 1.29. The average molecular weight is 346 g/mol. The minimum atomic E-state index is -3.42. The second-order valence-corrected chi connectivity index (χ2v) is 7.04. The van der Waals surface area contributed by atoms with E-state index >= 15 is 0 Å². The first-order chi connectivity index (χ1) is 8.62. The Bertz CT molecular complexity index is 592. The van der Waals surface area contributed by atoms with Crippen molar-refractivity contribution in [2.75, 3.05) is 0 Å². The van der Waals surface area contributed by atoms with Crippen molar-refractivity contribution in [1.29, 1.82) is 0 Å². The van der Waals surface area contributed by atoms with E-state index in [-0.39, 0.29) is 0 Å². The molecular weight excluding hydrogens is 334 g/mol. The third kappa shape index (κ3) is 3.41. The van der Waals surface area contributed by atoms with Crippen LogP contribution in [0, 0.1) is 0 Å². The van der Waals surface area contributed by atoms with Gasteiger partial charge in [-0.05, 0) is 29.1 Å². The maximum Gasteiger partial charge on any atom is 0.240 e. The molecular formula is C12H12BrNO2S2. The normalized spacial score (nSPS) is 11.6. The van der Waals surface area contributed by atoms with Crippen molar-refractivity contribution in [1.82, 2.24) is 4.72 Å². The van der Waals surface area contributed by atoms with E-state index in [0.29, 0.717) is 11.4 Å². The lowest BCUT2D eigenvalue weighted by molar-refractivity contribution is 0.582. The molecule has 0 amide bonds.